The minimum absolute atomic E-state index is 0.159. The minimum Gasteiger partial charge on any atom is -0.375 e. The maximum Gasteiger partial charge on any atom is 0.184 e. The predicted octanol–water partition coefficient (Wildman–Crippen LogP) is 4.13. The Labute approximate surface area is 153 Å². The normalized spacial score (nSPS) is 11.1. The van der Waals surface area contributed by atoms with Gasteiger partial charge in [-0.3, -0.25) is 5.43 Å². The highest BCUT2D eigenvalue weighted by molar-refractivity contribution is 7.80. The van der Waals surface area contributed by atoms with Crippen LogP contribution in [0.5, 0.6) is 0 Å². The third-order valence-electron chi connectivity index (χ3n) is 3.84. The maximum atomic E-state index is 5.53. The van der Waals surface area contributed by atoms with Gasteiger partial charge in [0, 0.05) is 6.42 Å². The second-order valence-electron chi connectivity index (χ2n) is 5.64. The Morgan fingerprint density at radius 1 is 0.800 bits per heavy atom. The summed E-state index contributed by atoms with van der Waals surface area (Å²) in [6.07, 6.45) is 0.696. The van der Waals surface area contributed by atoms with E-state index in [2.05, 4.69) is 59.1 Å². The summed E-state index contributed by atoms with van der Waals surface area (Å²) in [5.74, 6) is 0. The lowest BCUT2D eigenvalue weighted by Gasteiger charge is -2.09. The van der Waals surface area contributed by atoms with Crippen molar-refractivity contribution in [1.29, 1.82) is 0 Å². The van der Waals surface area contributed by atoms with E-state index < -0.39 is 0 Å². The molecule has 0 radical (unpaired) electrons. The molecule has 0 saturated carbocycles. The van der Waals surface area contributed by atoms with Gasteiger partial charge in [-0.25, -0.2) is 0 Å². The zero-order valence-electron chi connectivity index (χ0n) is 13.7. The standard InChI is InChI=1S/C21H19N3S/c22-21(25)24-23-20(15-16-7-3-1-4-8-16)19-13-11-18(12-14-19)17-9-5-2-6-10-17/h1-14H,15H2,(H3,22,24,25)/b23-20+. The van der Waals surface area contributed by atoms with Crippen molar-refractivity contribution in [1.82, 2.24) is 5.43 Å². The predicted molar refractivity (Wildman–Crippen MR) is 108 cm³/mol. The van der Waals surface area contributed by atoms with Crippen LogP contribution in [0.1, 0.15) is 11.1 Å². The SMILES string of the molecule is NC(=S)N/N=C(\Cc1ccccc1)c1ccc(-c2ccccc2)cc1. The molecule has 3 N–H and O–H groups in total. The first-order chi connectivity index (χ1) is 12.2. The molecule has 0 aliphatic carbocycles. The van der Waals surface area contributed by atoms with E-state index in [4.69, 9.17) is 18.0 Å². The lowest BCUT2D eigenvalue weighted by molar-refractivity contribution is 1.02. The van der Waals surface area contributed by atoms with E-state index in [1.165, 1.54) is 16.7 Å². The van der Waals surface area contributed by atoms with Crippen LogP contribution in [-0.4, -0.2) is 10.8 Å². The molecule has 25 heavy (non-hydrogen) atoms. The largest absolute Gasteiger partial charge is 0.375 e. The second-order valence-corrected chi connectivity index (χ2v) is 6.08. The van der Waals surface area contributed by atoms with Crippen molar-refractivity contribution in [3.8, 4) is 11.1 Å². The highest BCUT2D eigenvalue weighted by Crippen LogP contribution is 2.20. The second kappa shape index (κ2) is 8.22. The number of hydrazone groups is 1. The van der Waals surface area contributed by atoms with Crippen molar-refractivity contribution in [3.05, 3.63) is 96.1 Å². The number of benzene rings is 3. The molecule has 0 amide bonds. The van der Waals surface area contributed by atoms with E-state index in [0.29, 0.717) is 6.42 Å². The zero-order chi connectivity index (χ0) is 17.5. The minimum atomic E-state index is 0.159. The number of nitrogens with two attached hydrogens (primary N) is 1. The number of nitrogens with one attached hydrogen (secondary N) is 1. The monoisotopic (exact) mass is 345 g/mol. The van der Waals surface area contributed by atoms with Crippen molar-refractivity contribution in [2.45, 2.75) is 6.42 Å². The molecule has 124 valence electrons. The molecular formula is C21H19N3S. The number of nitrogens with zero attached hydrogens (tertiary/aromatic N) is 1. The third-order valence-corrected chi connectivity index (χ3v) is 3.93. The quantitative estimate of drug-likeness (QED) is 0.415. The van der Waals surface area contributed by atoms with E-state index in [9.17, 15) is 0 Å². The summed E-state index contributed by atoms with van der Waals surface area (Å²) < 4.78 is 0. The van der Waals surface area contributed by atoms with Gasteiger partial charge in [0.1, 0.15) is 0 Å². The van der Waals surface area contributed by atoms with Crippen LogP contribution in [0, 0.1) is 0 Å². The van der Waals surface area contributed by atoms with E-state index in [-0.39, 0.29) is 5.11 Å². The van der Waals surface area contributed by atoms with Gasteiger partial charge in [-0.05, 0) is 34.5 Å². The van der Waals surface area contributed by atoms with E-state index in [0.717, 1.165) is 11.3 Å². The van der Waals surface area contributed by atoms with Crippen molar-refractivity contribution >= 4 is 23.0 Å². The van der Waals surface area contributed by atoms with Crippen molar-refractivity contribution in [2.75, 3.05) is 0 Å². The fourth-order valence-electron chi connectivity index (χ4n) is 2.60. The molecule has 0 bridgehead atoms. The Morgan fingerprint density at radius 3 is 1.96 bits per heavy atom. The summed E-state index contributed by atoms with van der Waals surface area (Å²) in [7, 11) is 0. The summed E-state index contributed by atoms with van der Waals surface area (Å²) in [6, 6.07) is 28.9. The molecule has 3 aromatic rings. The van der Waals surface area contributed by atoms with E-state index >= 15 is 0 Å². The molecule has 3 aromatic carbocycles. The molecule has 0 spiro atoms. The summed E-state index contributed by atoms with van der Waals surface area (Å²) in [5, 5.41) is 4.55. The first kappa shape index (κ1) is 16.9. The number of rotatable bonds is 5. The van der Waals surface area contributed by atoms with E-state index in [1.807, 2.05) is 36.4 Å². The molecule has 3 rings (SSSR count). The van der Waals surface area contributed by atoms with Crippen molar-refractivity contribution < 1.29 is 0 Å². The molecule has 3 nitrogen and oxygen atoms in total. The Morgan fingerprint density at radius 2 is 1.36 bits per heavy atom. The average molecular weight is 345 g/mol. The first-order valence-corrected chi connectivity index (χ1v) is 8.45. The van der Waals surface area contributed by atoms with Gasteiger partial charge in [0.25, 0.3) is 0 Å². The Balaban J connectivity index is 1.87. The van der Waals surface area contributed by atoms with Gasteiger partial charge in [-0.2, -0.15) is 5.10 Å². The Kier molecular flexibility index (Phi) is 5.54. The molecule has 4 heteroatoms. The number of thiocarbonyl (C=S) groups is 1. The lowest BCUT2D eigenvalue weighted by Crippen LogP contribution is -2.26. The summed E-state index contributed by atoms with van der Waals surface area (Å²) in [5.41, 5.74) is 13.7. The van der Waals surface area contributed by atoms with Gasteiger partial charge in [-0.15, -0.1) is 0 Å². The molecule has 0 unspecified atom stereocenters. The average Bonchev–Trinajstić information content (AvgIpc) is 2.67. The number of hydrogen-bond acceptors (Lipinski definition) is 2. The molecule has 0 saturated heterocycles. The molecule has 0 fully saturated rings. The van der Waals surface area contributed by atoms with Crippen LogP contribution < -0.4 is 11.2 Å². The maximum absolute atomic E-state index is 5.53. The third kappa shape index (κ3) is 4.75. The van der Waals surface area contributed by atoms with Gasteiger partial charge in [0.05, 0.1) is 5.71 Å². The molecule has 0 aliphatic rings. The Hall–Kier alpha value is -2.98. The van der Waals surface area contributed by atoms with Crippen LogP contribution in [0.25, 0.3) is 11.1 Å². The molecule has 0 heterocycles. The topological polar surface area (TPSA) is 50.4 Å². The summed E-state index contributed by atoms with van der Waals surface area (Å²) in [4.78, 5) is 0. The number of hydrogen-bond donors (Lipinski definition) is 2. The van der Waals surface area contributed by atoms with Crippen molar-refractivity contribution in [2.24, 2.45) is 10.8 Å². The highest BCUT2D eigenvalue weighted by atomic mass is 32.1. The molecule has 0 atom stereocenters. The van der Waals surface area contributed by atoms with Gasteiger partial charge in [0.2, 0.25) is 0 Å². The fraction of sp³-hybridized carbons (Fsp3) is 0.0476. The van der Waals surface area contributed by atoms with Crippen LogP contribution in [0.15, 0.2) is 90.0 Å². The molecular weight excluding hydrogens is 326 g/mol. The summed E-state index contributed by atoms with van der Waals surface area (Å²) in [6.45, 7) is 0. The van der Waals surface area contributed by atoms with Crippen LogP contribution in [-0.2, 0) is 6.42 Å². The van der Waals surface area contributed by atoms with Crippen molar-refractivity contribution in [3.63, 3.8) is 0 Å². The smallest absolute Gasteiger partial charge is 0.184 e. The summed E-state index contributed by atoms with van der Waals surface area (Å²) >= 11 is 4.87. The van der Waals surface area contributed by atoms with Crippen LogP contribution in [0.4, 0.5) is 0 Å². The fourth-order valence-corrected chi connectivity index (χ4v) is 2.65. The zero-order valence-corrected chi connectivity index (χ0v) is 14.5. The van der Waals surface area contributed by atoms with Gasteiger partial charge >= 0.3 is 0 Å². The lowest BCUT2D eigenvalue weighted by atomic mass is 9.99. The first-order valence-electron chi connectivity index (χ1n) is 8.04. The van der Waals surface area contributed by atoms with Gasteiger partial charge in [-0.1, -0.05) is 84.9 Å². The Bertz CT molecular complexity index is 857. The molecule has 0 aliphatic heterocycles. The van der Waals surface area contributed by atoms with Crippen LogP contribution >= 0.6 is 12.2 Å². The highest BCUT2D eigenvalue weighted by Gasteiger charge is 2.07. The van der Waals surface area contributed by atoms with Gasteiger partial charge in [0.15, 0.2) is 5.11 Å². The molecule has 0 aromatic heterocycles. The van der Waals surface area contributed by atoms with Crippen LogP contribution in [0.3, 0.4) is 0 Å². The van der Waals surface area contributed by atoms with Gasteiger partial charge < -0.3 is 5.73 Å². The van der Waals surface area contributed by atoms with Crippen LogP contribution in [0.2, 0.25) is 0 Å². The van der Waals surface area contributed by atoms with E-state index in [1.54, 1.807) is 0 Å².